The van der Waals surface area contributed by atoms with Gasteiger partial charge in [-0.25, -0.2) is 4.68 Å². The number of anilines is 1. The zero-order valence-corrected chi connectivity index (χ0v) is 11.0. The van der Waals surface area contributed by atoms with E-state index in [2.05, 4.69) is 22.5 Å². The Bertz CT molecular complexity index is 585. The Morgan fingerprint density at radius 1 is 1.37 bits per heavy atom. The molecule has 0 unspecified atom stereocenters. The number of rotatable bonds is 4. The van der Waals surface area contributed by atoms with Crippen molar-refractivity contribution in [2.24, 2.45) is 5.92 Å². The van der Waals surface area contributed by atoms with Gasteiger partial charge in [-0.15, -0.1) is 0 Å². The third kappa shape index (κ3) is 2.84. The molecule has 1 saturated carbocycles. The average molecular weight is 255 g/mol. The van der Waals surface area contributed by atoms with E-state index in [9.17, 15) is 4.79 Å². The van der Waals surface area contributed by atoms with Crippen LogP contribution in [0.25, 0.3) is 0 Å². The van der Waals surface area contributed by atoms with E-state index in [-0.39, 0.29) is 11.8 Å². The Hall–Kier alpha value is -2.10. The van der Waals surface area contributed by atoms with Crippen LogP contribution in [0.1, 0.15) is 24.1 Å². The van der Waals surface area contributed by atoms with E-state index >= 15 is 0 Å². The van der Waals surface area contributed by atoms with Gasteiger partial charge in [-0.1, -0.05) is 30.3 Å². The molecule has 0 spiro atoms. The molecule has 1 aliphatic carbocycles. The number of aryl methyl sites for hydroxylation is 1. The molecule has 0 aliphatic heterocycles. The SMILES string of the molecule is Cc1cc(NC(=O)C2CC2)n(Cc2ccccc2)n1. The molecule has 0 bridgehead atoms. The fraction of sp³-hybridized carbons (Fsp3) is 0.333. The maximum atomic E-state index is 11.8. The van der Waals surface area contributed by atoms with Gasteiger partial charge in [0.15, 0.2) is 0 Å². The maximum Gasteiger partial charge on any atom is 0.228 e. The van der Waals surface area contributed by atoms with Gasteiger partial charge in [0.2, 0.25) is 5.91 Å². The molecule has 3 rings (SSSR count). The molecule has 1 amide bonds. The standard InChI is InChI=1S/C15H17N3O/c1-11-9-14(16-15(19)13-7-8-13)18(17-11)10-12-5-3-2-4-6-12/h2-6,9,13H,7-8,10H2,1H3,(H,16,19). The predicted octanol–water partition coefficient (Wildman–Crippen LogP) is 2.59. The zero-order chi connectivity index (χ0) is 13.2. The van der Waals surface area contributed by atoms with Crippen molar-refractivity contribution in [3.05, 3.63) is 47.7 Å². The number of hydrogen-bond donors (Lipinski definition) is 1. The first kappa shape index (κ1) is 12.0. The Kier molecular flexibility index (Phi) is 3.07. The summed E-state index contributed by atoms with van der Waals surface area (Å²) in [4.78, 5) is 11.8. The molecular weight excluding hydrogens is 238 g/mol. The van der Waals surface area contributed by atoms with Gasteiger partial charge in [-0.3, -0.25) is 4.79 Å². The number of amides is 1. The van der Waals surface area contributed by atoms with E-state index < -0.39 is 0 Å². The summed E-state index contributed by atoms with van der Waals surface area (Å²) < 4.78 is 1.85. The van der Waals surface area contributed by atoms with Gasteiger partial charge in [-0.05, 0) is 25.3 Å². The first-order chi connectivity index (χ1) is 9.22. The molecule has 4 nitrogen and oxygen atoms in total. The highest BCUT2D eigenvalue weighted by Crippen LogP contribution is 2.30. The maximum absolute atomic E-state index is 11.8. The quantitative estimate of drug-likeness (QED) is 0.912. The molecule has 1 N–H and O–H groups in total. The van der Waals surface area contributed by atoms with Crippen LogP contribution in [0.5, 0.6) is 0 Å². The third-order valence-electron chi connectivity index (χ3n) is 3.28. The predicted molar refractivity (Wildman–Crippen MR) is 73.9 cm³/mol. The van der Waals surface area contributed by atoms with Gasteiger partial charge in [0, 0.05) is 12.0 Å². The molecule has 0 atom stereocenters. The molecule has 4 heteroatoms. The summed E-state index contributed by atoms with van der Waals surface area (Å²) in [6.45, 7) is 2.61. The minimum absolute atomic E-state index is 0.120. The fourth-order valence-electron chi connectivity index (χ4n) is 2.10. The highest BCUT2D eigenvalue weighted by molar-refractivity contribution is 5.93. The Morgan fingerprint density at radius 3 is 2.79 bits per heavy atom. The van der Waals surface area contributed by atoms with Crippen LogP contribution in [0.4, 0.5) is 5.82 Å². The van der Waals surface area contributed by atoms with Gasteiger partial charge in [0.05, 0.1) is 12.2 Å². The fourth-order valence-corrected chi connectivity index (χ4v) is 2.10. The van der Waals surface area contributed by atoms with E-state index in [1.165, 1.54) is 5.56 Å². The summed E-state index contributed by atoms with van der Waals surface area (Å²) in [7, 11) is 0. The normalized spacial score (nSPS) is 14.4. The number of carbonyl (C=O) groups excluding carboxylic acids is 1. The van der Waals surface area contributed by atoms with Crippen LogP contribution in [0.2, 0.25) is 0 Å². The van der Waals surface area contributed by atoms with Gasteiger partial charge >= 0.3 is 0 Å². The van der Waals surface area contributed by atoms with Gasteiger partial charge in [-0.2, -0.15) is 5.10 Å². The van der Waals surface area contributed by atoms with Gasteiger partial charge < -0.3 is 5.32 Å². The smallest absolute Gasteiger partial charge is 0.228 e. The molecule has 19 heavy (non-hydrogen) atoms. The highest BCUT2D eigenvalue weighted by Gasteiger charge is 2.30. The minimum atomic E-state index is 0.120. The van der Waals surface area contributed by atoms with E-state index in [4.69, 9.17) is 0 Å². The first-order valence-corrected chi connectivity index (χ1v) is 6.61. The van der Waals surface area contributed by atoms with Gasteiger partial charge in [0.1, 0.15) is 5.82 Å². The monoisotopic (exact) mass is 255 g/mol. The zero-order valence-electron chi connectivity index (χ0n) is 11.0. The number of hydrogen-bond acceptors (Lipinski definition) is 2. The van der Waals surface area contributed by atoms with Crippen LogP contribution in [-0.2, 0) is 11.3 Å². The number of nitrogens with zero attached hydrogens (tertiary/aromatic N) is 2. The van der Waals surface area contributed by atoms with Crippen molar-refractivity contribution in [3.8, 4) is 0 Å². The van der Waals surface area contributed by atoms with Crippen LogP contribution in [0.15, 0.2) is 36.4 Å². The van der Waals surface area contributed by atoms with Crippen LogP contribution in [-0.4, -0.2) is 15.7 Å². The summed E-state index contributed by atoms with van der Waals surface area (Å²) in [5, 5.41) is 7.42. The second kappa shape index (κ2) is 4.88. The molecule has 2 aromatic rings. The number of nitrogens with one attached hydrogen (secondary N) is 1. The Labute approximate surface area is 112 Å². The lowest BCUT2D eigenvalue weighted by Crippen LogP contribution is -2.17. The lowest BCUT2D eigenvalue weighted by Gasteiger charge is -2.08. The summed E-state index contributed by atoms with van der Waals surface area (Å²) >= 11 is 0. The van der Waals surface area contributed by atoms with Crippen molar-refractivity contribution in [2.45, 2.75) is 26.3 Å². The summed E-state index contributed by atoms with van der Waals surface area (Å²) in [6, 6.07) is 12.0. The summed E-state index contributed by atoms with van der Waals surface area (Å²) in [5.41, 5.74) is 2.09. The third-order valence-corrected chi connectivity index (χ3v) is 3.28. The molecule has 0 radical (unpaired) electrons. The molecular formula is C15H17N3O. The molecule has 1 fully saturated rings. The largest absolute Gasteiger partial charge is 0.311 e. The molecule has 98 valence electrons. The average Bonchev–Trinajstić information content (AvgIpc) is 3.18. The number of benzene rings is 1. The van der Waals surface area contributed by atoms with Crippen LogP contribution in [0, 0.1) is 12.8 Å². The molecule has 1 heterocycles. The van der Waals surface area contributed by atoms with Crippen molar-refractivity contribution in [1.29, 1.82) is 0 Å². The Balaban J connectivity index is 1.78. The van der Waals surface area contributed by atoms with Crippen molar-refractivity contribution >= 4 is 11.7 Å². The van der Waals surface area contributed by atoms with Crippen LogP contribution < -0.4 is 5.32 Å². The minimum Gasteiger partial charge on any atom is -0.311 e. The summed E-state index contributed by atoms with van der Waals surface area (Å²) in [5.74, 6) is 1.12. The van der Waals surface area contributed by atoms with Crippen molar-refractivity contribution < 1.29 is 4.79 Å². The molecule has 1 aromatic carbocycles. The van der Waals surface area contributed by atoms with Crippen LogP contribution in [0.3, 0.4) is 0 Å². The lowest BCUT2D eigenvalue weighted by molar-refractivity contribution is -0.117. The van der Waals surface area contributed by atoms with E-state index in [0.29, 0.717) is 6.54 Å². The van der Waals surface area contributed by atoms with Gasteiger partial charge in [0.25, 0.3) is 0 Å². The number of aromatic nitrogens is 2. The van der Waals surface area contributed by atoms with E-state index in [0.717, 1.165) is 24.4 Å². The Morgan fingerprint density at radius 2 is 2.11 bits per heavy atom. The van der Waals surface area contributed by atoms with E-state index in [1.54, 1.807) is 0 Å². The van der Waals surface area contributed by atoms with Crippen LogP contribution >= 0.6 is 0 Å². The molecule has 1 aromatic heterocycles. The molecule has 1 aliphatic rings. The van der Waals surface area contributed by atoms with E-state index in [1.807, 2.05) is 35.9 Å². The van der Waals surface area contributed by atoms with Crippen molar-refractivity contribution in [1.82, 2.24) is 9.78 Å². The lowest BCUT2D eigenvalue weighted by atomic mass is 10.2. The summed E-state index contributed by atoms with van der Waals surface area (Å²) in [6.07, 6.45) is 2.02. The van der Waals surface area contributed by atoms with Crippen molar-refractivity contribution in [2.75, 3.05) is 5.32 Å². The van der Waals surface area contributed by atoms with Crippen molar-refractivity contribution in [3.63, 3.8) is 0 Å². The second-order valence-electron chi connectivity index (χ2n) is 5.08. The topological polar surface area (TPSA) is 46.9 Å². The highest BCUT2D eigenvalue weighted by atomic mass is 16.2. The number of carbonyl (C=O) groups is 1. The molecule has 0 saturated heterocycles. The first-order valence-electron chi connectivity index (χ1n) is 6.61. The second-order valence-corrected chi connectivity index (χ2v) is 5.08.